The van der Waals surface area contributed by atoms with Crippen molar-refractivity contribution in [1.82, 2.24) is 24.8 Å². The first-order valence-electron chi connectivity index (χ1n) is 8.07. The van der Waals surface area contributed by atoms with E-state index < -0.39 is 0 Å². The highest BCUT2D eigenvalue weighted by atomic mass is 16.5. The molecule has 0 aliphatic heterocycles. The van der Waals surface area contributed by atoms with Gasteiger partial charge in [0.25, 0.3) is 0 Å². The van der Waals surface area contributed by atoms with Gasteiger partial charge in [0, 0.05) is 11.6 Å². The van der Waals surface area contributed by atoms with Gasteiger partial charge >= 0.3 is 0 Å². The summed E-state index contributed by atoms with van der Waals surface area (Å²) in [5.41, 5.74) is 3.43. The molecule has 0 unspecified atom stereocenters. The zero-order valence-electron chi connectivity index (χ0n) is 13.8. The lowest BCUT2D eigenvalue weighted by atomic mass is 10.2. The average Bonchev–Trinajstić information content (AvgIpc) is 3.32. The van der Waals surface area contributed by atoms with E-state index in [1.807, 2.05) is 66.0 Å². The number of aryl methyl sites for hydroxylation is 1. The van der Waals surface area contributed by atoms with E-state index in [2.05, 4.69) is 20.3 Å². The first kappa shape index (κ1) is 14.6. The van der Waals surface area contributed by atoms with Crippen LogP contribution >= 0.6 is 0 Å². The Kier molecular flexibility index (Phi) is 3.18. The van der Waals surface area contributed by atoms with Crippen LogP contribution < -0.4 is 4.74 Å². The summed E-state index contributed by atoms with van der Waals surface area (Å²) in [6.07, 6.45) is 1.30. The molecule has 0 amide bonds. The molecule has 7 heteroatoms. The van der Waals surface area contributed by atoms with Gasteiger partial charge in [0.1, 0.15) is 5.75 Å². The molecule has 3 heterocycles. The van der Waals surface area contributed by atoms with Crippen LogP contribution in [0.4, 0.5) is 0 Å². The minimum Gasteiger partial charge on any atom is -0.438 e. The molecule has 0 aliphatic carbocycles. The van der Waals surface area contributed by atoms with Crippen molar-refractivity contribution in [2.75, 3.05) is 0 Å². The zero-order valence-corrected chi connectivity index (χ0v) is 13.8. The Bertz CT molecular complexity index is 1210. The van der Waals surface area contributed by atoms with Gasteiger partial charge in [-0.1, -0.05) is 12.1 Å². The molecule has 5 aromatic rings. The molecule has 26 heavy (non-hydrogen) atoms. The fraction of sp³-hybridized carbons (Fsp3) is 0.0526. The van der Waals surface area contributed by atoms with Crippen molar-refractivity contribution in [3.05, 3.63) is 66.7 Å². The topological polar surface area (TPSA) is 78.3 Å². The van der Waals surface area contributed by atoms with Gasteiger partial charge in [-0.3, -0.25) is 0 Å². The summed E-state index contributed by atoms with van der Waals surface area (Å²) in [5, 5.41) is 13.0. The largest absolute Gasteiger partial charge is 0.438 e. The minimum absolute atomic E-state index is 0.469. The average molecular weight is 343 g/mol. The minimum atomic E-state index is 0.469. The number of para-hydroxylation sites is 1. The van der Waals surface area contributed by atoms with Gasteiger partial charge in [0.05, 0.1) is 16.6 Å². The highest BCUT2D eigenvalue weighted by molar-refractivity contribution is 5.86. The number of fused-ring (bicyclic) bond motifs is 3. The smallest absolute Gasteiger partial charge is 0.247 e. The van der Waals surface area contributed by atoms with E-state index in [1.165, 1.54) is 6.39 Å². The molecule has 5 rings (SSSR count). The van der Waals surface area contributed by atoms with Crippen molar-refractivity contribution >= 4 is 16.6 Å². The normalized spacial score (nSPS) is 11.3. The van der Waals surface area contributed by atoms with E-state index in [9.17, 15) is 0 Å². The van der Waals surface area contributed by atoms with E-state index in [0.717, 1.165) is 27.8 Å². The van der Waals surface area contributed by atoms with Crippen molar-refractivity contribution in [3.63, 3.8) is 0 Å². The number of hydrogen-bond acceptors (Lipinski definition) is 6. The van der Waals surface area contributed by atoms with Gasteiger partial charge in [-0.15, -0.1) is 10.2 Å². The molecule has 0 N–H and O–H groups in total. The lowest BCUT2D eigenvalue weighted by Crippen LogP contribution is -1.97. The maximum Gasteiger partial charge on any atom is 0.247 e. The van der Waals surface area contributed by atoms with Crippen molar-refractivity contribution in [1.29, 1.82) is 0 Å². The Labute approximate surface area is 147 Å². The molecule has 0 radical (unpaired) electrons. The third-order valence-electron chi connectivity index (χ3n) is 4.07. The maximum atomic E-state index is 6.06. The van der Waals surface area contributed by atoms with Crippen LogP contribution in [0.15, 0.2) is 65.4 Å². The molecule has 0 aliphatic rings. The molecule has 0 bridgehead atoms. The monoisotopic (exact) mass is 343 g/mol. The van der Waals surface area contributed by atoms with E-state index in [-0.39, 0.29) is 0 Å². The van der Waals surface area contributed by atoms with Crippen LogP contribution in [0.25, 0.3) is 28.0 Å². The fourth-order valence-electron chi connectivity index (χ4n) is 2.90. The van der Waals surface area contributed by atoms with Crippen LogP contribution in [0.1, 0.15) is 5.69 Å². The Morgan fingerprint density at radius 3 is 2.69 bits per heavy atom. The SMILES string of the molecule is Cc1cc2nc(Oc3ccc(-c4nnco4)cc3)c3ccccc3n2n1. The molecule has 0 spiro atoms. The van der Waals surface area contributed by atoms with Crippen LogP contribution in [0.2, 0.25) is 0 Å². The zero-order chi connectivity index (χ0) is 17.5. The van der Waals surface area contributed by atoms with Gasteiger partial charge in [-0.2, -0.15) is 10.1 Å². The van der Waals surface area contributed by atoms with Gasteiger partial charge in [0.2, 0.25) is 18.2 Å². The van der Waals surface area contributed by atoms with Crippen LogP contribution in [-0.2, 0) is 0 Å². The van der Waals surface area contributed by atoms with Crippen LogP contribution in [0.3, 0.4) is 0 Å². The summed E-state index contributed by atoms with van der Waals surface area (Å²) in [6.45, 7) is 1.94. The number of rotatable bonds is 3. The Morgan fingerprint density at radius 1 is 1.04 bits per heavy atom. The Morgan fingerprint density at radius 2 is 1.88 bits per heavy atom. The summed E-state index contributed by atoms with van der Waals surface area (Å²) in [5.74, 6) is 1.68. The molecular formula is C19H13N5O2. The lowest BCUT2D eigenvalue weighted by Gasteiger charge is -2.09. The second-order valence-electron chi connectivity index (χ2n) is 5.86. The lowest BCUT2D eigenvalue weighted by molar-refractivity contribution is 0.469. The number of hydrogen-bond donors (Lipinski definition) is 0. The third-order valence-corrected chi connectivity index (χ3v) is 4.07. The number of aromatic nitrogens is 5. The molecule has 0 atom stereocenters. The molecule has 2 aromatic carbocycles. The summed E-state index contributed by atoms with van der Waals surface area (Å²) < 4.78 is 13.1. The molecule has 7 nitrogen and oxygen atoms in total. The molecule has 0 saturated carbocycles. The van der Waals surface area contributed by atoms with Crippen molar-refractivity contribution in [2.45, 2.75) is 6.92 Å². The van der Waals surface area contributed by atoms with Gasteiger partial charge < -0.3 is 9.15 Å². The summed E-state index contributed by atoms with van der Waals surface area (Å²) in [4.78, 5) is 4.63. The van der Waals surface area contributed by atoms with Gasteiger partial charge in [-0.05, 0) is 43.3 Å². The first-order valence-corrected chi connectivity index (χ1v) is 8.07. The number of benzene rings is 2. The predicted octanol–water partition coefficient (Wildman–Crippen LogP) is 4.03. The van der Waals surface area contributed by atoms with Crippen molar-refractivity contribution in [3.8, 4) is 23.1 Å². The Hall–Kier alpha value is -3.74. The maximum absolute atomic E-state index is 6.06. The Balaban J connectivity index is 1.58. The van der Waals surface area contributed by atoms with Gasteiger partial charge in [-0.25, -0.2) is 4.52 Å². The molecule has 0 saturated heterocycles. The summed E-state index contributed by atoms with van der Waals surface area (Å²) in [6, 6.07) is 17.3. The second kappa shape index (κ2) is 5.66. The highest BCUT2D eigenvalue weighted by Gasteiger charge is 2.12. The molecule has 3 aromatic heterocycles. The van der Waals surface area contributed by atoms with Gasteiger partial charge in [0.15, 0.2) is 5.65 Å². The fourth-order valence-corrected chi connectivity index (χ4v) is 2.90. The van der Waals surface area contributed by atoms with E-state index >= 15 is 0 Å². The quantitative estimate of drug-likeness (QED) is 0.492. The summed E-state index contributed by atoms with van der Waals surface area (Å²) >= 11 is 0. The second-order valence-corrected chi connectivity index (χ2v) is 5.86. The van der Waals surface area contributed by atoms with E-state index in [1.54, 1.807) is 0 Å². The van der Waals surface area contributed by atoms with Crippen molar-refractivity contribution in [2.24, 2.45) is 0 Å². The van der Waals surface area contributed by atoms with E-state index in [4.69, 9.17) is 9.15 Å². The first-order chi connectivity index (χ1) is 12.8. The van der Waals surface area contributed by atoms with Crippen LogP contribution in [-0.4, -0.2) is 24.8 Å². The standard InChI is InChI=1S/C19H13N5O2/c1-12-10-17-21-19(15-4-2-3-5-16(15)24(17)23-12)26-14-8-6-13(7-9-14)18-22-20-11-25-18/h2-11H,1H3. The number of ether oxygens (including phenoxy) is 1. The molecule has 0 fully saturated rings. The van der Waals surface area contributed by atoms with Crippen molar-refractivity contribution < 1.29 is 9.15 Å². The summed E-state index contributed by atoms with van der Waals surface area (Å²) in [7, 11) is 0. The number of nitrogens with zero attached hydrogens (tertiary/aromatic N) is 5. The van der Waals surface area contributed by atoms with Crippen LogP contribution in [0.5, 0.6) is 11.6 Å². The van der Waals surface area contributed by atoms with Crippen LogP contribution in [0, 0.1) is 6.92 Å². The molecule has 126 valence electrons. The third kappa shape index (κ3) is 2.37. The predicted molar refractivity (Wildman–Crippen MR) is 95.0 cm³/mol. The van der Waals surface area contributed by atoms with E-state index in [0.29, 0.717) is 17.5 Å². The molecular weight excluding hydrogens is 330 g/mol. The highest BCUT2D eigenvalue weighted by Crippen LogP contribution is 2.30.